The first-order valence-electron chi connectivity index (χ1n) is 4.75. The van der Waals surface area contributed by atoms with Gasteiger partial charge in [0.15, 0.2) is 0 Å². The molecule has 0 aromatic rings. The van der Waals surface area contributed by atoms with E-state index in [2.05, 4.69) is 12.2 Å². The Hall–Kier alpha value is -0.220. The molecule has 0 spiro atoms. The van der Waals surface area contributed by atoms with Gasteiger partial charge in [0, 0.05) is 0 Å². The van der Waals surface area contributed by atoms with Crippen molar-refractivity contribution in [3.8, 4) is 0 Å². The van der Waals surface area contributed by atoms with E-state index in [4.69, 9.17) is 4.74 Å². The SMILES string of the molecule is CCNCCCSCC(=O)OCC. The molecule has 0 fully saturated rings. The highest BCUT2D eigenvalue weighted by Gasteiger charge is 2.00. The Morgan fingerprint density at radius 1 is 1.46 bits per heavy atom. The Balaban J connectivity index is 3.02. The molecule has 0 aromatic carbocycles. The Bertz CT molecular complexity index is 131. The Morgan fingerprint density at radius 2 is 2.23 bits per heavy atom. The van der Waals surface area contributed by atoms with Crippen LogP contribution in [0.5, 0.6) is 0 Å². The molecule has 3 nitrogen and oxygen atoms in total. The number of thioether (sulfide) groups is 1. The largest absolute Gasteiger partial charge is 0.465 e. The number of nitrogens with one attached hydrogen (secondary N) is 1. The highest BCUT2D eigenvalue weighted by Crippen LogP contribution is 2.02. The zero-order chi connectivity index (χ0) is 9.94. The Kier molecular flexibility index (Phi) is 9.70. The Morgan fingerprint density at radius 3 is 2.85 bits per heavy atom. The summed E-state index contributed by atoms with van der Waals surface area (Å²) >= 11 is 1.64. The van der Waals surface area contributed by atoms with Gasteiger partial charge in [-0.1, -0.05) is 6.92 Å². The molecule has 1 N–H and O–H groups in total. The van der Waals surface area contributed by atoms with Crippen LogP contribution in [-0.2, 0) is 9.53 Å². The minimum atomic E-state index is -0.101. The van der Waals surface area contributed by atoms with Crippen molar-refractivity contribution in [3.05, 3.63) is 0 Å². The maximum Gasteiger partial charge on any atom is 0.315 e. The molecule has 0 aliphatic carbocycles. The van der Waals surface area contributed by atoms with Gasteiger partial charge < -0.3 is 10.1 Å². The molecule has 0 aliphatic heterocycles. The van der Waals surface area contributed by atoms with E-state index in [0.29, 0.717) is 12.4 Å². The van der Waals surface area contributed by atoms with Crippen molar-refractivity contribution in [1.82, 2.24) is 5.32 Å². The molecule has 0 heterocycles. The molecule has 0 rings (SSSR count). The van der Waals surface area contributed by atoms with E-state index in [1.165, 1.54) is 0 Å². The Labute approximate surface area is 84.6 Å². The third-order valence-electron chi connectivity index (χ3n) is 1.42. The van der Waals surface area contributed by atoms with Gasteiger partial charge in [0.2, 0.25) is 0 Å². The monoisotopic (exact) mass is 205 g/mol. The second-order valence-electron chi connectivity index (χ2n) is 2.56. The van der Waals surface area contributed by atoms with Crippen LogP contribution in [0.2, 0.25) is 0 Å². The summed E-state index contributed by atoms with van der Waals surface area (Å²) in [5.41, 5.74) is 0. The number of hydrogen-bond donors (Lipinski definition) is 1. The summed E-state index contributed by atoms with van der Waals surface area (Å²) in [6.45, 7) is 6.45. The summed E-state index contributed by atoms with van der Waals surface area (Å²) < 4.78 is 4.79. The number of rotatable bonds is 8. The van der Waals surface area contributed by atoms with E-state index in [0.717, 1.165) is 25.3 Å². The maximum absolute atomic E-state index is 10.9. The molecule has 0 amide bonds. The lowest BCUT2D eigenvalue weighted by Gasteiger charge is -2.02. The van der Waals surface area contributed by atoms with Crippen LogP contribution in [0.4, 0.5) is 0 Å². The van der Waals surface area contributed by atoms with Gasteiger partial charge >= 0.3 is 5.97 Å². The van der Waals surface area contributed by atoms with E-state index in [1.807, 2.05) is 6.92 Å². The molecule has 0 unspecified atom stereocenters. The molecular weight excluding hydrogens is 186 g/mol. The standard InChI is InChI=1S/C9H19NO2S/c1-3-10-6-5-7-13-8-9(11)12-4-2/h10H,3-8H2,1-2H3. The molecule has 0 aliphatic rings. The topological polar surface area (TPSA) is 38.3 Å². The van der Waals surface area contributed by atoms with Crippen LogP contribution in [0.1, 0.15) is 20.3 Å². The average molecular weight is 205 g/mol. The van der Waals surface area contributed by atoms with Crippen molar-refractivity contribution in [2.45, 2.75) is 20.3 Å². The van der Waals surface area contributed by atoms with Crippen molar-refractivity contribution in [2.24, 2.45) is 0 Å². The van der Waals surface area contributed by atoms with Gasteiger partial charge in [-0.25, -0.2) is 0 Å². The lowest BCUT2D eigenvalue weighted by Crippen LogP contribution is -2.15. The van der Waals surface area contributed by atoms with Crippen LogP contribution < -0.4 is 5.32 Å². The first-order valence-corrected chi connectivity index (χ1v) is 5.90. The molecule has 78 valence electrons. The van der Waals surface area contributed by atoms with Crippen LogP contribution in [-0.4, -0.2) is 37.2 Å². The van der Waals surface area contributed by atoms with Crippen LogP contribution in [0, 0.1) is 0 Å². The second-order valence-corrected chi connectivity index (χ2v) is 3.67. The van der Waals surface area contributed by atoms with Gasteiger partial charge in [-0.2, -0.15) is 11.8 Å². The van der Waals surface area contributed by atoms with Crippen molar-refractivity contribution >= 4 is 17.7 Å². The predicted octanol–water partition coefficient (Wildman–Crippen LogP) is 1.28. The molecule has 0 aromatic heterocycles. The number of carbonyl (C=O) groups excluding carboxylic acids is 1. The highest BCUT2D eigenvalue weighted by molar-refractivity contribution is 7.99. The molecule has 13 heavy (non-hydrogen) atoms. The molecule has 0 saturated carbocycles. The first-order chi connectivity index (χ1) is 6.31. The summed E-state index contributed by atoms with van der Waals surface area (Å²) in [4.78, 5) is 10.9. The van der Waals surface area contributed by atoms with Gasteiger partial charge in [-0.15, -0.1) is 0 Å². The summed E-state index contributed by atoms with van der Waals surface area (Å²) in [7, 11) is 0. The van der Waals surface area contributed by atoms with Crippen LogP contribution in [0.25, 0.3) is 0 Å². The van der Waals surface area contributed by atoms with Crippen molar-refractivity contribution in [3.63, 3.8) is 0 Å². The normalized spacial score (nSPS) is 10.0. The van der Waals surface area contributed by atoms with Crippen molar-refractivity contribution in [2.75, 3.05) is 31.2 Å². The fourth-order valence-corrected chi connectivity index (χ4v) is 1.58. The van der Waals surface area contributed by atoms with E-state index in [1.54, 1.807) is 11.8 Å². The van der Waals surface area contributed by atoms with Crippen LogP contribution in [0.15, 0.2) is 0 Å². The molecular formula is C9H19NO2S. The van der Waals surface area contributed by atoms with Gasteiger partial charge in [0.1, 0.15) is 0 Å². The lowest BCUT2D eigenvalue weighted by molar-refractivity contribution is -0.139. The highest BCUT2D eigenvalue weighted by atomic mass is 32.2. The number of hydrogen-bond acceptors (Lipinski definition) is 4. The van der Waals surface area contributed by atoms with E-state index < -0.39 is 0 Å². The molecule has 0 bridgehead atoms. The maximum atomic E-state index is 10.9. The van der Waals surface area contributed by atoms with Gasteiger partial charge in [0.25, 0.3) is 0 Å². The summed E-state index contributed by atoms with van der Waals surface area (Å²) in [5.74, 6) is 1.40. The van der Waals surface area contributed by atoms with Crippen LogP contribution >= 0.6 is 11.8 Å². The molecule has 0 saturated heterocycles. The predicted molar refractivity (Wildman–Crippen MR) is 57.1 cm³/mol. The molecule has 0 atom stereocenters. The number of carbonyl (C=O) groups is 1. The summed E-state index contributed by atoms with van der Waals surface area (Å²) in [6.07, 6.45) is 1.11. The second kappa shape index (κ2) is 9.86. The smallest absolute Gasteiger partial charge is 0.315 e. The van der Waals surface area contributed by atoms with Crippen molar-refractivity contribution in [1.29, 1.82) is 0 Å². The van der Waals surface area contributed by atoms with E-state index >= 15 is 0 Å². The van der Waals surface area contributed by atoms with Crippen molar-refractivity contribution < 1.29 is 9.53 Å². The minimum absolute atomic E-state index is 0.101. The summed E-state index contributed by atoms with van der Waals surface area (Å²) in [6, 6.07) is 0. The van der Waals surface area contributed by atoms with Gasteiger partial charge in [-0.05, 0) is 32.2 Å². The first kappa shape index (κ1) is 12.8. The fraction of sp³-hybridized carbons (Fsp3) is 0.889. The quantitative estimate of drug-likeness (QED) is 0.478. The van der Waals surface area contributed by atoms with Gasteiger partial charge in [0.05, 0.1) is 12.4 Å². The average Bonchev–Trinajstić information content (AvgIpc) is 2.11. The van der Waals surface area contributed by atoms with Crippen LogP contribution in [0.3, 0.4) is 0 Å². The minimum Gasteiger partial charge on any atom is -0.465 e. The third-order valence-corrected chi connectivity index (χ3v) is 2.43. The molecule has 0 radical (unpaired) electrons. The van der Waals surface area contributed by atoms with E-state index in [-0.39, 0.29) is 5.97 Å². The zero-order valence-corrected chi connectivity index (χ0v) is 9.28. The third kappa shape index (κ3) is 9.70. The fourth-order valence-electron chi connectivity index (χ4n) is 0.834. The summed E-state index contributed by atoms with van der Waals surface area (Å²) in [5, 5.41) is 3.23. The molecule has 4 heteroatoms. The zero-order valence-electron chi connectivity index (χ0n) is 8.47. The lowest BCUT2D eigenvalue weighted by atomic mass is 10.5. The van der Waals surface area contributed by atoms with Gasteiger partial charge in [-0.3, -0.25) is 4.79 Å². The number of esters is 1. The number of ether oxygens (including phenoxy) is 1. The van der Waals surface area contributed by atoms with E-state index in [9.17, 15) is 4.79 Å².